The molecule has 140 valence electrons. The number of carbonyl (C=O) groups is 3. The van der Waals surface area contributed by atoms with Crippen LogP contribution >= 0.6 is 11.6 Å². The summed E-state index contributed by atoms with van der Waals surface area (Å²) < 4.78 is 38.8. The Labute approximate surface area is 156 Å². The highest BCUT2D eigenvalue weighted by molar-refractivity contribution is 6.31. The average Bonchev–Trinajstić information content (AvgIpc) is 2.86. The van der Waals surface area contributed by atoms with Crippen molar-refractivity contribution in [1.82, 2.24) is 4.90 Å². The second-order valence-electron chi connectivity index (χ2n) is 5.88. The smallest absolute Gasteiger partial charge is 0.324 e. The summed E-state index contributed by atoms with van der Waals surface area (Å²) in [5.41, 5.74) is -0.906. The Morgan fingerprint density at radius 1 is 1.07 bits per heavy atom. The number of anilines is 1. The van der Waals surface area contributed by atoms with Crippen LogP contribution in [-0.4, -0.2) is 28.7 Å². The topological polar surface area (TPSA) is 66.5 Å². The second kappa shape index (κ2) is 6.70. The van der Waals surface area contributed by atoms with E-state index in [9.17, 15) is 27.6 Å². The van der Waals surface area contributed by atoms with Gasteiger partial charge >= 0.3 is 6.18 Å². The number of benzene rings is 2. The molecule has 0 radical (unpaired) electrons. The van der Waals surface area contributed by atoms with E-state index in [1.54, 1.807) is 12.1 Å². The first kappa shape index (κ1) is 18.9. The third-order valence-corrected chi connectivity index (χ3v) is 4.46. The van der Waals surface area contributed by atoms with Crippen LogP contribution in [0.3, 0.4) is 0 Å². The van der Waals surface area contributed by atoms with Crippen molar-refractivity contribution in [3.05, 3.63) is 64.2 Å². The molecule has 9 heteroatoms. The highest BCUT2D eigenvalue weighted by Gasteiger charge is 2.40. The largest absolute Gasteiger partial charge is 0.417 e. The number of imide groups is 1. The molecule has 2 aromatic rings. The number of hydrogen-bond donors (Lipinski definition) is 1. The van der Waals surface area contributed by atoms with Gasteiger partial charge in [-0.05, 0) is 37.3 Å². The van der Waals surface area contributed by atoms with Gasteiger partial charge in [-0.15, -0.1) is 0 Å². The maximum Gasteiger partial charge on any atom is 0.417 e. The Balaban J connectivity index is 1.82. The maximum atomic E-state index is 12.9. The van der Waals surface area contributed by atoms with E-state index in [-0.39, 0.29) is 16.8 Å². The van der Waals surface area contributed by atoms with Crippen LogP contribution in [0.25, 0.3) is 0 Å². The van der Waals surface area contributed by atoms with Crippen LogP contribution < -0.4 is 5.32 Å². The molecule has 3 rings (SSSR count). The van der Waals surface area contributed by atoms with Crippen molar-refractivity contribution in [3.8, 4) is 0 Å². The van der Waals surface area contributed by atoms with E-state index in [1.807, 2.05) is 0 Å². The van der Waals surface area contributed by atoms with Gasteiger partial charge < -0.3 is 5.32 Å². The van der Waals surface area contributed by atoms with Crippen molar-refractivity contribution in [2.75, 3.05) is 5.32 Å². The molecule has 0 saturated heterocycles. The number of amides is 3. The zero-order valence-corrected chi connectivity index (χ0v) is 14.6. The zero-order chi connectivity index (χ0) is 19.9. The molecule has 2 aromatic carbocycles. The molecule has 0 bridgehead atoms. The van der Waals surface area contributed by atoms with Crippen molar-refractivity contribution in [2.45, 2.75) is 19.1 Å². The third kappa shape index (κ3) is 3.40. The fraction of sp³-hybridized carbons (Fsp3) is 0.167. The lowest BCUT2D eigenvalue weighted by Crippen LogP contribution is -2.45. The third-order valence-electron chi connectivity index (χ3n) is 4.13. The van der Waals surface area contributed by atoms with Crippen molar-refractivity contribution < 1.29 is 27.6 Å². The molecular weight excluding hydrogens is 385 g/mol. The normalized spacial score (nSPS) is 14.9. The van der Waals surface area contributed by atoms with E-state index in [4.69, 9.17) is 11.6 Å². The molecule has 0 spiro atoms. The van der Waals surface area contributed by atoms with Crippen LogP contribution in [0, 0.1) is 0 Å². The number of nitrogens with one attached hydrogen (secondary N) is 1. The Morgan fingerprint density at radius 3 is 2.15 bits per heavy atom. The molecule has 3 amide bonds. The predicted octanol–water partition coefficient (Wildman–Crippen LogP) is 3.98. The van der Waals surface area contributed by atoms with Crippen molar-refractivity contribution in [3.63, 3.8) is 0 Å². The van der Waals surface area contributed by atoms with Gasteiger partial charge in [0.15, 0.2) is 0 Å². The molecule has 27 heavy (non-hydrogen) atoms. The molecule has 1 atom stereocenters. The van der Waals surface area contributed by atoms with Crippen LogP contribution in [0.5, 0.6) is 0 Å². The number of nitrogens with zero attached hydrogens (tertiary/aromatic N) is 1. The molecule has 0 aliphatic carbocycles. The van der Waals surface area contributed by atoms with Crippen LogP contribution in [0.1, 0.15) is 33.2 Å². The number of hydrogen-bond acceptors (Lipinski definition) is 3. The quantitative estimate of drug-likeness (QED) is 0.798. The number of halogens is 4. The summed E-state index contributed by atoms with van der Waals surface area (Å²) >= 11 is 5.54. The summed E-state index contributed by atoms with van der Waals surface area (Å²) in [6.45, 7) is 1.32. The molecule has 0 saturated carbocycles. The number of fused-ring (bicyclic) bond motifs is 1. The fourth-order valence-corrected chi connectivity index (χ4v) is 2.97. The number of rotatable bonds is 3. The Hall–Kier alpha value is -2.87. The van der Waals surface area contributed by atoms with Gasteiger partial charge in [-0.25, -0.2) is 0 Å². The molecule has 1 heterocycles. The lowest BCUT2D eigenvalue weighted by atomic mass is 10.1. The van der Waals surface area contributed by atoms with Gasteiger partial charge in [-0.1, -0.05) is 23.7 Å². The van der Waals surface area contributed by atoms with Gasteiger partial charge in [0.1, 0.15) is 6.04 Å². The van der Waals surface area contributed by atoms with E-state index in [0.29, 0.717) is 6.07 Å². The molecule has 0 fully saturated rings. The van der Waals surface area contributed by atoms with Crippen LogP contribution in [0.4, 0.5) is 18.9 Å². The van der Waals surface area contributed by atoms with Crippen LogP contribution in [0.15, 0.2) is 42.5 Å². The van der Waals surface area contributed by atoms with Crippen molar-refractivity contribution >= 4 is 35.0 Å². The Kier molecular flexibility index (Phi) is 4.69. The lowest BCUT2D eigenvalue weighted by Gasteiger charge is -2.22. The average molecular weight is 397 g/mol. The highest BCUT2D eigenvalue weighted by Crippen LogP contribution is 2.36. The van der Waals surface area contributed by atoms with Gasteiger partial charge in [0.25, 0.3) is 11.8 Å². The molecule has 1 unspecified atom stereocenters. The first-order chi connectivity index (χ1) is 12.6. The minimum atomic E-state index is -4.69. The predicted molar refractivity (Wildman–Crippen MR) is 91.5 cm³/mol. The second-order valence-corrected chi connectivity index (χ2v) is 6.29. The lowest BCUT2D eigenvalue weighted by molar-refractivity contribution is -0.137. The van der Waals surface area contributed by atoms with Gasteiger partial charge in [-0.3, -0.25) is 19.3 Å². The number of alkyl halides is 3. The maximum absolute atomic E-state index is 12.9. The molecule has 1 aliphatic heterocycles. The summed E-state index contributed by atoms with van der Waals surface area (Å²) in [6.07, 6.45) is -4.69. The minimum absolute atomic E-state index is 0.153. The number of carbonyl (C=O) groups excluding carboxylic acids is 3. The van der Waals surface area contributed by atoms with Gasteiger partial charge in [0.05, 0.1) is 21.7 Å². The van der Waals surface area contributed by atoms with E-state index < -0.39 is 40.5 Å². The van der Waals surface area contributed by atoms with E-state index in [0.717, 1.165) is 11.0 Å². The summed E-state index contributed by atoms with van der Waals surface area (Å²) in [5.74, 6) is -2.07. The molecule has 5 nitrogen and oxygen atoms in total. The minimum Gasteiger partial charge on any atom is -0.324 e. The van der Waals surface area contributed by atoms with Crippen LogP contribution in [0.2, 0.25) is 5.02 Å². The van der Waals surface area contributed by atoms with Gasteiger partial charge in [0.2, 0.25) is 5.91 Å². The van der Waals surface area contributed by atoms with Gasteiger partial charge in [0, 0.05) is 5.69 Å². The first-order valence-electron chi connectivity index (χ1n) is 7.76. The Bertz CT molecular complexity index is 924. The fourth-order valence-electron chi connectivity index (χ4n) is 2.74. The molecule has 1 N–H and O–H groups in total. The van der Waals surface area contributed by atoms with Gasteiger partial charge in [-0.2, -0.15) is 13.2 Å². The van der Waals surface area contributed by atoms with E-state index in [2.05, 4.69) is 5.32 Å². The summed E-state index contributed by atoms with van der Waals surface area (Å²) in [5, 5.41) is 1.78. The SMILES string of the molecule is CC(C(=O)Nc1ccc(Cl)c(C(F)(F)F)c1)N1C(=O)c2ccccc2C1=O. The van der Waals surface area contributed by atoms with Crippen molar-refractivity contribution in [1.29, 1.82) is 0 Å². The highest BCUT2D eigenvalue weighted by atomic mass is 35.5. The Morgan fingerprint density at radius 2 is 1.63 bits per heavy atom. The van der Waals surface area contributed by atoms with Crippen molar-refractivity contribution in [2.24, 2.45) is 0 Å². The first-order valence-corrected chi connectivity index (χ1v) is 8.13. The summed E-state index contributed by atoms with van der Waals surface area (Å²) in [6, 6.07) is 7.79. The monoisotopic (exact) mass is 396 g/mol. The summed E-state index contributed by atoms with van der Waals surface area (Å²) in [4.78, 5) is 38.0. The molecule has 0 aromatic heterocycles. The summed E-state index contributed by atoms with van der Waals surface area (Å²) in [7, 11) is 0. The van der Waals surface area contributed by atoms with Crippen LogP contribution in [-0.2, 0) is 11.0 Å². The van der Waals surface area contributed by atoms with E-state index in [1.165, 1.54) is 25.1 Å². The molecular formula is C18H12ClF3N2O3. The standard InChI is InChI=1S/C18H12ClF3N2O3/c1-9(24-16(26)11-4-2-3-5-12(11)17(24)27)15(25)23-10-6-7-14(19)13(8-10)18(20,21)22/h2-9H,1H3,(H,23,25). The zero-order valence-electron chi connectivity index (χ0n) is 13.8. The molecule has 1 aliphatic rings. The van der Waals surface area contributed by atoms with E-state index >= 15 is 0 Å².